The quantitative estimate of drug-likeness (QED) is 0.733. The van der Waals surface area contributed by atoms with Crippen molar-refractivity contribution in [1.82, 2.24) is 10.6 Å². The Labute approximate surface area is 142 Å². The largest absolute Gasteiger partial charge is 0.396 e. The van der Waals surface area contributed by atoms with Gasteiger partial charge in [0.2, 0.25) is 0 Å². The average Bonchev–Trinajstić information content (AvgIpc) is 3.42. The SMILES string of the molecule is O=C(NCC1(CO)CC1)NC(Cc1ccccc1)c1ccccc1. The second-order valence-electron chi connectivity index (χ2n) is 6.64. The Bertz CT molecular complexity index is 654. The van der Waals surface area contributed by atoms with Crippen LogP contribution in [0.25, 0.3) is 0 Å². The monoisotopic (exact) mass is 324 g/mol. The lowest BCUT2D eigenvalue weighted by Crippen LogP contribution is -2.41. The van der Waals surface area contributed by atoms with Gasteiger partial charge in [-0.2, -0.15) is 0 Å². The number of rotatable bonds is 7. The molecule has 1 aliphatic rings. The molecular formula is C20H24N2O2. The molecule has 1 fully saturated rings. The number of aliphatic hydroxyl groups excluding tert-OH is 1. The number of aliphatic hydroxyl groups is 1. The van der Waals surface area contributed by atoms with Gasteiger partial charge in [0.1, 0.15) is 0 Å². The molecule has 126 valence electrons. The van der Waals surface area contributed by atoms with E-state index in [1.54, 1.807) is 0 Å². The van der Waals surface area contributed by atoms with E-state index in [-0.39, 0.29) is 24.1 Å². The Hall–Kier alpha value is -2.33. The van der Waals surface area contributed by atoms with E-state index in [4.69, 9.17) is 0 Å². The maximum Gasteiger partial charge on any atom is 0.315 e. The zero-order chi connectivity index (χ0) is 16.8. The Morgan fingerprint density at radius 1 is 1.04 bits per heavy atom. The van der Waals surface area contributed by atoms with Gasteiger partial charge in [0.05, 0.1) is 12.6 Å². The van der Waals surface area contributed by atoms with Crippen LogP contribution >= 0.6 is 0 Å². The lowest BCUT2D eigenvalue weighted by Gasteiger charge is -2.21. The summed E-state index contributed by atoms with van der Waals surface area (Å²) in [6.07, 6.45) is 2.70. The van der Waals surface area contributed by atoms with Crippen molar-refractivity contribution in [3.63, 3.8) is 0 Å². The van der Waals surface area contributed by atoms with Gasteiger partial charge in [0.25, 0.3) is 0 Å². The number of benzene rings is 2. The van der Waals surface area contributed by atoms with Gasteiger partial charge in [-0.15, -0.1) is 0 Å². The lowest BCUT2D eigenvalue weighted by molar-refractivity contribution is 0.202. The zero-order valence-corrected chi connectivity index (χ0v) is 13.7. The number of carbonyl (C=O) groups is 1. The molecule has 0 aromatic heterocycles. The van der Waals surface area contributed by atoms with Crippen molar-refractivity contribution in [3.05, 3.63) is 71.8 Å². The summed E-state index contributed by atoms with van der Waals surface area (Å²) in [5, 5.41) is 15.3. The van der Waals surface area contributed by atoms with Crippen LogP contribution in [0, 0.1) is 5.41 Å². The van der Waals surface area contributed by atoms with Gasteiger partial charge in [-0.05, 0) is 30.4 Å². The molecule has 0 bridgehead atoms. The van der Waals surface area contributed by atoms with Crippen LogP contribution in [0.15, 0.2) is 60.7 Å². The van der Waals surface area contributed by atoms with Crippen LogP contribution in [0.2, 0.25) is 0 Å². The molecule has 2 aromatic carbocycles. The summed E-state index contributed by atoms with van der Waals surface area (Å²) in [5.74, 6) is 0. The minimum Gasteiger partial charge on any atom is -0.396 e. The van der Waals surface area contributed by atoms with Gasteiger partial charge >= 0.3 is 6.03 Å². The molecule has 3 rings (SSSR count). The second-order valence-corrected chi connectivity index (χ2v) is 6.64. The first-order valence-electron chi connectivity index (χ1n) is 8.45. The lowest BCUT2D eigenvalue weighted by atomic mass is 9.99. The highest BCUT2D eigenvalue weighted by Crippen LogP contribution is 2.44. The molecule has 1 saturated carbocycles. The number of hydrogen-bond donors (Lipinski definition) is 3. The maximum absolute atomic E-state index is 12.3. The van der Waals surface area contributed by atoms with Crippen molar-refractivity contribution >= 4 is 6.03 Å². The fourth-order valence-corrected chi connectivity index (χ4v) is 2.83. The predicted octanol–water partition coefficient (Wildman–Crippen LogP) is 3.04. The molecule has 3 N–H and O–H groups in total. The Morgan fingerprint density at radius 3 is 2.25 bits per heavy atom. The average molecular weight is 324 g/mol. The van der Waals surface area contributed by atoms with Crippen molar-refractivity contribution < 1.29 is 9.90 Å². The van der Waals surface area contributed by atoms with E-state index in [1.165, 1.54) is 5.56 Å². The number of urea groups is 1. The summed E-state index contributed by atoms with van der Waals surface area (Å²) in [4.78, 5) is 12.3. The van der Waals surface area contributed by atoms with Gasteiger partial charge in [-0.25, -0.2) is 4.79 Å². The predicted molar refractivity (Wildman–Crippen MR) is 94.6 cm³/mol. The van der Waals surface area contributed by atoms with Crippen molar-refractivity contribution in [3.8, 4) is 0 Å². The van der Waals surface area contributed by atoms with Gasteiger partial charge < -0.3 is 15.7 Å². The molecule has 2 amide bonds. The van der Waals surface area contributed by atoms with Gasteiger partial charge in [-0.3, -0.25) is 0 Å². The van der Waals surface area contributed by atoms with E-state index < -0.39 is 0 Å². The summed E-state index contributed by atoms with van der Waals surface area (Å²) in [6, 6.07) is 19.9. The molecule has 24 heavy (non-hydrogen) atoms. The molecule has 4 nitrogen and oxygen atoms in total. The van der Waals surface area contributed by atoms with Gasteiger partial charge in [-0.1, -0.05) is 60.7 Å². The number of carbonyl (C=O) groups excluding carboxylic acids is 1. The summed E-state index contributed by atoms with van der Waals surface area (Å²) in [6.45, 7) is 0.668. The van der Waals surface area contributed by atoms with E-state index in [0.29, 0.717) is 6.54 Å². The van der Waals surface area contributed by atoms with Crippen molar-refractivity contribution in [2.24, 2.45) is 5.41 Å². The van der Waals surface area contributed by atoms with E-state index in [0.717, 1.165) is 24.8 Å². The second kappa shape index (κ2) is 7.49. The molecule has 0 aliphatic heterocycles. The Balaban J connectivity index is 1.64. The molecule has 4 heteroatoms. The highest BCUT2D eigenvalue weighted by molar-refractivity contribution is 5.74. The molecule has 0 radical (unpaired) electrons. The highest BCUT2D eigenvalue weighted by Gasteiger charge is 2.42. The topological polar surface area (TPSA) is 61.4 Å². The van der Waals surface area contributed by atoms with Crippen LogP contribution in [0.3, 0.4) is 0 Å². The fraction of sp³-hybridized carbons (Fsp3) is 0.350. The fourth-order valence-electron chi connectivity index (χ4n) is 2.83. The zero-order valence-electron chi connectivity index (χ0n) is 13.7. The first kappa shape index (κ1) is 16.5. The third kappa shape index (κ3) is 4.36. The highest BCUT2D eigenvalue weighted by atomic mass is 16.3. The van der Waals surface area contributed by atoms with Crippen LogP contribution in [-0.2, 0) is 6.42 Å². The van der Waals surface area contributed by atoms with Crippen molar-refractivity contribution in [2.75, 3.05) is 13.2 Å². The summed E-state index contributed by atoms with van der Waals surface area (Å²) < 4.78 is 0. The minimum absolute atomic E-state index is 0.0843. The van der Waals surface area contributed by atoms with Gasteiger partial charge in [0.15, 0.2) is 0 Å². The van der Waals surface area contributed by atoms with Crippen molar-refractivity contribution in [1.29, 1.82) is 0 Å². The van der Waals surface area contributed by atoms with E-state index in [2.05, 4.69) is 22.8 Å². The Kier molecular flexibility index (Phi) is 5.16. The molecule has 1 aliphatic carbocycles. The van der Waals surface area contributed by atoms with Crippen LogP contribution in [-0.4, -0.2) is 24.3 Å². The molecule has 0 spiro atoms. The van der Waals surface area contributed by atoms with Crippen LogP contribution in [0.1, 0.15) is 30.0 Å². The molecule has 0 heterocycles. The molecule has 1 unspecified atom stereocenters. The first-order valence-corrected chi connectivity index (χ1v) is 8.45. The Morgan fingerprint density at radius 2 is 1.67 bits per heavy atom. The number of amides is 2. The normalized spacial score (nSPS) is 16.2. The third-order valence-corrected chi connectivity index (χ3v) is 4.71. The minimum atomic E-state index is -0.181. The van der Waals surface area contributed by atoms with E-state index >= 15 is 0 Å². The summed E-state index contributed by atoms with van der Waals surface area (Å²) in [5.41, 5.74) is 2.18. The maximum atomic E-state index is 12.3. The van der Waals surface area contributed by atoms with E-state index in [9.17, 15) is 9.90 Å². The van der Waals surface area contributed by atoms with Crippen molar-refractivity contribution in [2.45, 2.75) is 25.3 Å². The summed E-state index contributed by atoms with van der Waals surface area (Å²) in [7, 11) is 0. The van der Waals surface area contributed by atoms with Gasteiger partial charge in [0, 0.05) is 12.0 Å². The number of hydrogen-bond acceptors (Lipinski definition) is 2. The smallest absolute Gasteiger partial charge is 0.315 e. The number of nitrogens with one attached hydrogen (secondary N) is 2. The summed E-state index contributed by atoms with van der Waals surface area (Å²) >= 11 is 0. The molecule has 0 saturated heterocycles. The van der Waals surface area contributed by atoms with E-state index in [1.807, 2.05) is 48.5 Å². The first-order chi connectivity index (χ1) is 11.7. The molecule has 2 aromatic rings. The molecular weight excluding hydrogens is 300 g/mol. The van der Waals surface area contributed by atoms with Crippen LogP contribution < -0.4 is 10.6 Å². The van der Waals surface area contributed by atoms with Crippen LogP contribution in [0.4, 0.5) is 4.79 Å². The van der Waals surface area contributed by atoms with Crippen LogP contribution in [0.5, 0.6) is 0 Å². The third-order valence-electron chi connectivity index (χ3n) is 4.71. The molecule has 1 atom stereocenters. The standard InChI is InChI=1S/C20H24N2O2/c23-15-20(11-12-20)14-21-19(24)22-18(17-9-5-2-6-10-17)13-16-7-3-1-4-8-16/h1-10,18,23H,11-15H2,(H2,21,22,24).